The van der Waals surface area contributed by atoms with E-state index in [0.29, 0.717) is 17.3 Å². The number of hydrogen-bond acceptors (Lipinski definition) is 3. The zero-order chi connectivity index (χ0) is 17.3. The SMILES string of the molecule is CC1(C)CN(CCc2ccccc2)c2cc(Cl)cc(C(=O)O)c2O1. The number of carboxylic acids is 1. The smallest absolute Gasteiger partial charge is 0.339 e. The Kier molecular flexibility index (Phi) is 4.41. The number of nitrogens with zero attached hydrogens (tertiary/aromatic N) is 1. The van der Waals surface area contributed by atoms with Crippen molar-refractivity contribution in [2.45, 2.75) is 25.9 Å². The van der Waals surface area contributed by atoms with Gasteiger partial charge in [-0.05, 0) is 38.0 Å². The van der Waals surface area contributed by atoms with Crippen molar-refractivity contribution in [2.75, 3.05) is 18.0 Å². The topological polar surface area (TPSA) is 49.8 Å². The molecule has 0 unspecified atom stereocenters. The van der Waals surface area contributed by atoms with E-state index in [9.17, 15) is 9.90 Å². The Hall–Kier alpha value is -2.20. The molecule has 1 N–H and O–H groups in total. The Morgan fingerprint density at radius 3 is 2.67 bits per heavy atom. The molecule has 0 atom stereocenters. The van der Waals surface area contributed by atoms with Gasteiger partial charge in [0.15, 0.2) is 5.75 Å². The van der Waals surface area contributed by atoms with E-state index in [2.05, 4.69) is 17.0 Å². The Balaban J connectivity index is 1.95. The first-order valence-electron chi connectivity index (χ1n) is 7.90. The van der Waals surface area contributed by atoms with Crippen molar-refractivity contribution in [2.24, 2.45) is 0 Å². The minimum Gasteiger partial charge on any atom is -0.483 e. The second-order valence-corrected chi connectivity index (χ2v) is 7.06. The van der Waals surface area contributed by atoms with Crippen LogP contribution in [0, 0.1) is 0 Å². The molecule has 0 saturated heterocycles. The molecule has 24 heavy (non-hydrogen) atoms. The van der Waals surface area contributed by atoms with E-state index in [0.717, 1.165) is 18.7 Å². The van der Waals surface area contributed by atoms with Crippen LogP contribution in [0.15, 0.2) is 42.5 Å². The summed E-state index contributed by atoms with van der Waals surface area (Å²) in [6.07, 6.45) is 0.866. The molecule has 0 spiro atoms. The summed E-state index contributed by atoms with van der Waals surface area (Å²) in [6, 6.07) is 13.4. The Bertz CT molecular complexity index is 759. The number of ether oxygens (including phenoxy) is 1. The van der Waals surface area contributed by atoms with Gasteiger partial charge in [-0.3, -0.25) is 0 Å². The van der Waals surface area contributed by atoms with Crippen molar-refractivity contribution in [3.05, 3.63) is 58.6 Å². The minimum absolute atomic E-state index is 0.106. The van der Waals surface area contributed by atoms with Crippen LogP contribution >= 0.6 is 11.6 Å². The molecule has 0 radical (unpaired) electrons. The quantitative estimate of drug-likeness (QED) is 0.899. The number of rotatable bonds is 4. The monoisotopic (exact) mass is 345 g/mol. The van der Waals surface area contributed by atoms with Gasteiger partial charge in [0.05, 0.1) is 12.2 Å². The molecule has 0 bridgehead atoms. The molecule has 2 aromatic carbocycles. The van der Waals surface area contributed by atoms with Crippen molar-refractivity contribution in [1.29, 1.82) is 0 Å². The lowest BCUT2D eigenvalue weighted by Gasteiger charge is -2.41. The van der Waals surface area contributed by atoms with E-state index in [1.54, 1.807) is 6.07 Å². The number of hydrogen-bond donors (Lipinski definition) is 1. The Morgan fingerprint density at radius 1 is 1.29 bits per heavy atom. The summed E-state index contributed by atoms with van der Waals surface area (Å²) in [5, 5.41) is 9.87. The minimum atomic E-state index is -1.03. The summed E-state index contributed by atoms with van der Waals surface area (Å²) < 4.78 is 5.97. The van der Waals surface area contributed by atoms with Gasteiger partial charge >= 0.3 is 5.97 Å². The summed E-state index contributed by atoms with van der Waals surface area (Å²) in [7, 11) is 0. The lowest BCUT2D eigenvalue weighted by molar-refractivity contribution is 0.0670. The van der Waals surface area contributed by atoms with Crippen molar-refractivity contribution in [3.8, 4) is 5.75 Å². The van der Waals surface area contributed by atoms with Gasteiger partial charge < -0.3 is 14.7 Å². The van der Waals surface area contributed by atoms with Crippen molar-refractivity contribution in [3.63, 3.8) is 0 Å². The molecule has 0 fully saturated rings. The van der Waals surface area contributed by atoms with E-state index in [4.69, 9.17) is 16.3 Å². The van der Waals surface area contributed by atoms with Crippen molar-refractivity contribution >= 4 is 23.3 Å². The van der Waals surface area contributed by atoms with E-state index in [1.807, 2.05) is 32.0 Å². The molecule has 0 aliphatic carbocycles. The molecule has 1 aliphatic heterocycles. The fourth-order valence-corrected chi connectivity index (χ4v) is 3.25. The zero-order valence-electron chi connectivity index (χ0n) is 13.8. The maximum Gasteiger partial charge on any atom is 0.339 e. The lowest BCUT2D eigenvalue weighted by atomic mass is 10.0. The van der Waals surface area contributed by atoms with Crippen LogP contribution in [0.25, 0.3) is 0 Å². The first kappa shape index (κ1) is 16.7. The predicted octanol–water partition coefficient (Wildman–Crippen LogP) is 4.26. The number of benzene rings is 2. The van der Waals surface area contributed by atoms with Gasteiger partial charge in [0.2, 0.25) is 0 Å². The summed E-state index contributed by atoms with van der Waals surface area (Å²) in [6.45, 7) is 5.37. The highest BCUT2D eigenvalue weighted by Gasteiger charge is 2.34. The normalized spacial score (nSPS) is 15.5. The third kappa shape index (κ3) is 3.49. The number of halogens is 1. The van der Waals surface area contributed by atoms with Gasteiger partial charge in [-0.25, -0.2) is 4.79 Å². The second-order valence-electron chi connectivity index (χ2n) is 6.63. The van der Waals surface area contributed by atoms with Gasteiger partial charge in [-0.2, -0.15) is 0 Å². The fourth-order valence-electron chi connectivity index (χ4n) is 3.04. The molecular formula is C19H20ClNO3. The van der Waals surface area contributed by atoms with Crippen LogP contribution in [0.4, 0.5) is 5.69 Å². The van der Waals surface area contributed by atoms with Crippen LogP contribution in [-0.2, 0) is 6.42 Å². The van der Waals surface area contributed by atoms with Crippen LogP contribution in [-0.4, -0.2) is 29.8 Å². The third-order valence-electron chi connectivity index (χ3n) is 4.07. The number of fused-ring (bicyclic) bond motifs is 1. The van der Waals surface area contributed by atoms with Crippen molar-refractivity contribution in [1.82, 2.24) is 0 Å². The maximum atomic E-state index is 11.6. The van der Waals surface area contributed by atoms with E-state index < -0.39 is 11.6 Å². The number of aromatic carboxylic acids is 1. The Morgan fingerprint density at radius 2 is 2.00 bits per heavy atom. The Labute approximate surface area is 146 Å². The van der Waals surface area contributed by atoms with Gasteiger partial charge in [0.25, 0.3) is 0 Å². The molecule has 2 aromatic rings. The summed E-state index contributed by atoms with van der Waals surface area (Å²) in [5.74, 6) is -0.634. The molecule has 1 aliphatic rings. The molecule has 0 aromatic heterocycles. The zero-order valence-corrected chi connectivity index (χ0v) is 14.5. The third-order valence-corrected chi connectivity index (χ3v) is 4.29. The van der Waals surface area contributed by atoms with Gasteiger partial charge in [-0.15, -0.1) is 0 Å². The molecule has 5 heteroatoms. The number of anilines is 1. The van der Waals surface area contributed by atoms with Crippen LogP contribution in [0.3, 0.4) is 0 Å². The maximum absolute atomic E-state index is 11.6. The molecule has 3 rings (SSSR count). The standard InChI is InChI=1S/C19H20ClNO3/c1-19(2)12-21(9-8-13-6-4-3-5-7-13)16-11-14(20)10-15(18(22)23)17(16)24-19/h3-7,10-11H,8-9,12H2,1-2H3,(H,22,23). The second kappa shape index (κ2) is 6.36. The summed E-state index contributed by atoms with van der Waals surface area (Å²) in [4.78, 5) is 13.7. The van der Waals surface area contributed by atoms with E-state index >= 15 is 0 Å². The first-order chi connectivity index (χ1) is 11.4. The average Bonchev–Trinajstić information content (AvgIpc) is 2.53. The van der Waals surface area contributed by atoms with Gasteiger partial charge in [-0.1, -0.05) is 41.9 Å². The highest BCUT2D eigenvalue weighted by Crippen LogP contribution is 2.41. The molecular weight excluding hydrogens is 326 g/mol. The largest absolute Gasteiger partial charge is 0.483 e. The van der Waals surface area contributed by atoms with Crippen LogP contribution < -0.4 is 9.64 Å². The van der Waals surface area contributed by atoms with Crippen LogP contribution in [0.5, 0.6) is 5.75 Å². The molecule has 126 valence electrons. The number of carbonyl (C=O) groups is 1. The molecule has 1 heterocycles. The highest BCUT2D eigenvalue weighted by molar-refractivity contribution is 6.31. The van der Waals surface area contributed by atoms with Crippen LogP contribution in [0.1, 0.15) is 29.8 Å². The summed E-state index contributed by atoms with van der Waals surface area (Å²) in [5.41, 5.74) is 1.62. The molecule has 0 amide bonds. The van der Waals surface area contributed by atoms with E-state index in [-0.39, 0.29) is 5.56 Å². The lowest BCUT2D eigenvalue weighted by Crippen LogP contribution is -2.48. The van der Waals surface area contributed by atoms with E-state index in [1.165, 1.54) is 11.6 Å². The summed E-state index contributed by atoms with van der Waals surface area (Å²) >= 11 is 6.13. The average molecular weight is 346 g/mol. The first-order valence-corrected chi connectivity index (χ1v) is 8.28. The van der Waals surface area contributed by atoms with Crippen molar-refractivity contribution < 1.29 is 14.6 Å². The highest BCUT2D eigenvalue weighted by atomic mass is 35.5. The number of carboxylic acid groups (broad SMARTS) is 1. The molecule has 4 nitrogen and oxygen atoms in total. The van der Waals surface area contributed by atoms with Gasteiger partial charge in [0, 0.05) is 11.6 Å². The van der Waals surface area contributed by atoms with Crippen LogP contribution in [0.2, 0.25) is 5.02 Å². The predicted molar refractivity (Wildman–Crippen MR) is 95.5 cm³/mol. The molecule has 0 saturated carbocycles. The van der Waals surface area contributed by atoms with Gasteiger partial charge in [0.1, 0.15) is 11.2 Å². The fraction of sp³-hybridized carbons (Fsp3) is 0.316.